The van der Waals surface area contributed by atoms with Crippen LogP contribution in [0.2, 0.25) is 0 Å². The fraction of sp³-hybridized carbons (Fsp3) is 0.500. The summed E-state index contributed by atoms with van der Waals surface area (Å²) >= 11 is 1.09. The second kappa shape index (κ2) is 10.7. The van der Waals surface area contributed by atoms with Crippen molar-refractivity contribution in [1.29, 1.82) is 0 Å². The number of aromatic hydroxyl groups is 1. The Morgan fingerprint density at radius 2 is 1.83 bits per heavy atom. The Morgan fingerprint density at radius 3 is 2.40 bits per heavy atom. The first-order valence-electron chi connectivity index (χ1n) is 8.84. The van der Waals surface area contributed by atoms with Gasteiger partial charge in [0.1, 0.15) is 42.1 Å². The molecule has 12 heteroatoms. The minimum Gasteiger partial charge on any atom is -0.508 e. The maximum atomic E-state index is 11.7. The van der Waals surface area contributed by atoms with E-state index in [1.54, 1.807) is 12.1 Å². The Labute approximate surface area is 176 Å². The summed E-state index contributed by atoms with van der Waals surface area (Å²) in [6.45, 7) is 3.25. The third kappa shape index (κ3) is 6.55. The van der Waals surface area contributed by atoms with Crippen molar-refractivity contribution < 1.29 is 38.4 Å². The number of azide groups is 1. The molecule has 2 rings (SSSR count). The highest BCUT2D eigenvalue weighted by atomic mass is 32.2. The van der Waals surface area contributed by atoms with Gasteiger partial charge < -0.3 is 24.1 Å². The quantitative estimate of drug-likeness (QED) is 0.221. The number of phenolic OH excluding ortho intramolecular Hbond substituents is 1. The SMILES string of the molecule is CC(=O)OC[C@H]1O[C@H](Sc2cccc(O)c2)[C@H](OC(C)=O)[C@@H](N=[N+]=[N-])[C@H]1OC(C)=O. The highest BCUT2D eigenvalue weighted by Gasteiger charge is 2.50. The Bertz CT molecular complexity index is 844. The van der Waals surface area contributed by atoms with Gasteiger partial charge in [0.05, 0.1) is 0 Å². The number of hydrogen-bond donors (Lipinski definition) is 1. The summed E-state index contributed by atoms with van der Waals surface area (Å²) in [5.74, 6) is -1.92. The number of benzene rings is 1. The first-order chi connectivity index (χ1) is 14.2. The zero-order valence-electron chi connectivity index (χ0n) is 16.5. The predicted octanol–water partition coefficient (Wildman–Crippen LogP) is 2.31. The predicted molar refractivity (Wildman–Crippen MR) is 103 cm³/mol. The van der Waals surface area contributed by atoms with E-state index in [9.17, 15) is 19.5 Å². The number of hydrogen-bond acceptors (Lipinski definition) is 10. The third-order valence-electron chi connectivity index (χ3n) is 3.93. The van der Waals surface area contributed by atoms with Gasteiger partial charge in [0, 0.05) is 30.6 Å². The van der Waals surface area contributed by atoms with Crippen molar-refractivity contribution in [3.63, 3.8) is 0 Å². The van der Waals surface area contributed by atoms with E-state index in [4.69, 9.17) is 24.5 Å². The molecule has 1 aromatic carbocycles. The van der Waals surface area contributed by atoms with Crippen LogP contribution in [0.5, 0.6) is 5.75 Å². The molecule has 11 nitrogen and oxygen atoms in total. The van der Waals surface area contributed by atoms with Gasteiger partial charge >= 0.3 is 17.9 Å². The molecule has 1 aliphatic rings. The molecule has 1 aliphatic heterocycles. The molecule has 0 spiro atoms. The fourth-order valence-corrected chi connectivity index (χ4v) is 4.02. The van der Waals surface area contributed by atoms with Gasteiger partial charge in [-0.1, -0.05) is 22.9 Å². The molecule has 0 bridgehead atoms. The molecular weight excluding hydrogens is 418 g/mol. The maximum Gasteiger partial charge on any atom is 0.303 e. The molecule has 30 heavy (non-hydrogen) atoms. The smallest absolute Gasteiger partial charge is 0.303 e. The van der Waals surface area contributed by atoms with Crippen LogP contribution in [-0.2, 0) is 33.3 Å². The molecule has 1 aromatic rings. The number of nitrogens with zero attached hydrogens (tertiary/aromatic N) is 3. The van der Waals surface area contributed by atoms with E-state index in [1.807, 2.05) is 0 Å². The maximum absolute atomic E-state index is 11.7. The second-order valence-corrected chi connectivity index (χ2v) is 7.48. The van der Waals surface area contributed by atoms with Gasteiger partial charge in [-0.2, -0.15) is 0 Å². The van der Waals surface area contributed by atoms with Gasteiger partial charge in [-0.3, -0.25) is 14.4 Å². The van der Waals surface area contributed by atoms with Crippen LogP contribution in [-0.4, -0.2) is 59.4 Å². The Hall–Kier alpha value is -2.95. The van der Waals surface area contributed by atoms with Crippen molar-refractivity contribution in [2.45, 2.75) is 55.5 Å². The van der Waals surface area contributed by atoms with Crippen LogP contribution < -0.4 is 0 Å². The van der Waals surface area contributed by atoms with Crippen LogP contribution in [0, 0.1) is 0 Å². The summed E-state index contributed by atoms with van der Waals surface area (Å²) in [5.41, 5.74) is 8.13. The van der Waals surface area contributed by atoms with Crippen LogP contribution in [0.25, 0.3) is 10.4 Å². The lowest BCUT2D eigenvalue weighted by atomic mass is 9.97. The number of esters is 3. The first-order valence-corrected chi connectivity index (χ1v) is 9.72. The van der Waals surface area contributed by atoms with Crippen molar-refractivity contribution >= 4 is 29.7 Å². The number of rotatable bonds is 7. The van der Waals surface area contributed by atoms with E-state index in [-0.39, 0.29) is 12.4 Å². The second-order valence-electron chi connectivity index (χ2n) is 6.30. The molecule has 1 fully saturated rings. The highest BCUT2D eigenvalue weighted by Crippen LogP contribution is 2.38. The normalized spacial score (nSPS) is 25.5. The molecular formula is C18H21N3O8S. The monoisotopic (exact) mass is 439 g/mol. The minimum atomic E-state index is -1.16. The first kappa shape index (κ1) is 23.3. The van der Waals surface area contributed by atoms with Gasteiger partial charge in [0.15, 0.2) is 0 Å². The van der Waals surface area contributed by atoms with Crippen LogP contribution in [0.4, 0.5) is 0 Å². The zero-order valence-corrected chi connectivity index (χ0v) is 17.3. The van der Waals surface area contributed by atoms with Crippen LogP contribution in [0.1, 0.15) is 20.8 Å². The van der Waals surface area contributed by atoms with Crippen LogP contribution >= 0.6 is 11.8 Å². The molecule has 0 amide bonds. The summed E-state index contributed by atoms with van der Waals surface area (Å²) in [6, 6.07) is 5.12. The molecule has 0 unspecified atom stereocenters. The van der Waals surface area contributed by atoms with Crippen molar-refractivity contribution in [3.8, 4) is 5.75 Å². The van der Waals surface area contributed by atoms with Crippen molar-refractivity contribution in [1.82, 2.24) is 0 Å². The molecule has 0 saturated carbocycles. The molecule has 1 heterocycles. The minimum absolute atomic E-state index is 0.0145. The molecule has 0 aromatic heterocycles. The Morgan fingerprint density at radius 1 is 1.17 bits per heavy atom. The number of carbonyl (C=O) groups is 3. The molecule has 162 valence electrons. The lowest BCUT2D eigenvalue weighted by Crippen LogP contribution is -2.59. The molecule has 1 saturated heterocycles. The largest absolute Gasteiger partial charge is 0.508 e. The third-order valence-corrected chi connectivity index (χ3v) is 5.06. The lowest BCUT2D eigenvalue weighted by Gasteiger charge is -2.43. The summed E-state index contributed by atoms with van der Waals surface area (Å²) in [5, 5.41) is 13.4. The van der Waals surface area contributed by atoms with Gasteiger partial charge in [-0.25, -0.2) is 0 Å². The fourth-order valence-electron chi connectivity index (χ4n) is 2.86. The molecule has 1 N–H and O–H groups in total. The van der Waals surface area contributed by atoms with Crippen molar-refractivity contribution in [2.24, 2.45) is 5.11 Å². The zero-order chi connectivity index (χ0) is 22.3. The van der Waals surface area contributed by atoms with E-state index >= 15 is 0 Å². The summed E-state index contributed by atoms with van der Waals surface area (Å²) in [7, 11) is 0. The standard InChI is InChI=1S/C18H21N3O8S/c1-9(22)26-8-14-16(27-10(2)23)15(20-21-19)17(28-11(3)24)18(29-14)30-13-6-4-5-12(25)7-13/h4-7,14-18,25H,8H2,1-3H3/t14-,15+,16+,17-,18-/m1/s1. The van der Waals surface area contributed by atoms with E-state index in [1.165, 1.54) is 26.0 Å². The highest BCUT2D eigenvalue weighted by molar-refractivity contribution is 7.99. The summed E-state index contributed by atoms with van der Waals surface area (Å²) in [4.78, 5) is 38.0. The van der Waals surface area contributed by atoms with Gasteiger partial charge in [0.2, 0.25) is 0 Å². The van der Waals surface area contributed by atoms with E-state index in [2.05, 4.69) is 10.0 Å². The van der Waals surface area contributed by atoms with Crippen LogP contribution in [0.15, 0.2) is 34.3 Å². The number of thioether (sulfide) groups is 1. The average Bonchev–Trinajstić information content (AvgIpc) is 2.64. The summed E-state index contributed by atoms with van der Waals surface area (Å²) in [6.07, 6.45) is -3.28. The van der Waals surface area contributed by atoms with Crippen molar-refractivity contribution in [3.05, 3.63) is 34.7 Å². The molecule has 0 radical (unpaired) electrons. The Balaban J connectivity index is 2.43. The number of ether oxygens (including phenoxy) is 4. The van der Waals surface area contributed by atoms with E-state index < -0.39 is 47.7 Å². The number of phenols is 1. The van der Waals surface area contributed by atoms with Gasteiger partial charge in [-0.15, -0.1) is 0 Å². The summed E-state index contributed by atoms with van der Waals surface area (Å²) < 4.78 is 21.6. The topological polar surface area (TPSA) is 157 Å². The molecule has 0 aliphatic carbocycles. The van der Waals surface area contributed by atoms with E-state index in [0.29, 0.717) is 4.90 Å². The van der Waals surface area contributed by atoms with Gasteiger partial charge in [0.25, 0.3) is 0 Å². The van der Waals surface area contributed by atoms with E-state index in [0.717, 1.165) is 18.7 Å². The molecule has 5 atom stereocenters. The Kier molecular flexibility index (Phi) is 8.34. The average molecular weight is 439 g/mol. The number of carbonyl (C=O) groups excluding carboxylic acids is 3. The van der Waals surface area contributed by atoms with Gasteiger partial charge in [-0.05, 0) is 23.7 Å². The lowest BCUT2D eigenvalue weighted by molar-refractivity contribution is -0.201. The van der Waals surface area contributed by atoms with Crippen LogP contribution in [0.3, 0.4) is 0 Å². The van der Waals surface area contributed by atoms with Crippen molar-refractivity contribution in [2.75, 3.05) is 6.61 Å².